The molecule has 8 heteroatoms. The van der Waals surface area contributed by atoms with Crippen molar-refractivity contribution >= 4 is 62.3 Å². The van der Waals surface area contributed by atoms with Crippen molar-refractivity contribution in [3.8, 4) is 10.6 Å². The third-order valence-electron chi connectivity index (χ3n) is 3.99. The second-order valence-electron chi connectivity index (χ2n) is 5.90. The van der Waals surface area contributed by atoms with Gasteiger partial charge in [-0.25, -0.2) is 4.98 Å². The van der Waals surface area contributed by atoms with Gasteiger partial charge in [0.2, 0.25) is 0 Å². The molecule has 1 heterocycles. The minimum Gasteiger partial charge on any atom is -0.258 e. The Kier molecular flexibility index (Phi) is 5.09. The van der Waals surface area contributed by atoms with Crippen molar-refractivity contribution in [1.29, 1.82) is 0 Å². The zero-order valence-corrected chi connectivity index (χ0v) is 16.5. The molecule has 0 aliphatic carbocycles. The Morgan fingerprint density at radius 3 is 2.57 bits per heavy atom. The highest BCUT2D eigenvalue weighted by Crippen LogP contribution is 2.32. The summed E-state index contributed by atoms with van der Waals surface area (Å²) >= 11 is 13.4. The van der Waals surface area contributed by atoms with Gasteiger partial charge in [-0.1, -0.05) is 41.4 Å². The van der Waals surface area contributed by atoms with E-state index in [4.69, 9.17) is 23.2 Å². The van der Waals surface area contributed by atoms with Crippen LogP contribution in [-0.2, 0) is 0 Å². The molecule has 0 atom stereocenters. The molecule has 0 aliphatic heterocycles. The lowest BCUT2D eigenvalue weighted by Crippen LogP contribution is -1.91. The smallest absolute Gasteiger partial charge is 0.258 e. The van der Waals surface area contributed by atoms with Gasteiger partial charge in [0.1, 0.15) is 10.0 Å². The molecule has 0 bridgehead atoms. The van der Waals surface area contributed by atoms with E-state index in [9.17, 15) is 10.1 Å². The number of halogens is 2. The molecule has 3 aromatic carbocycles. The molecule has 4 aromatic rings. The number of nitrogens with zero attached hydrogens (tertiary/aromatic N) is 3. The molecule has 28 heavy (non-hydrogen) atoms. The van der Waals surface area contributed by atoms with E-state index in [1.165, 1.54) is 12.1 Å². The number of nitro benzene ring substituents is 1. The summed E-state index contributed by atoms with van der Waals surface area (Å²) in [7, 11) is 0. The molecule has 0 fully saturated rings. The molecule has 138 valence electrons. The van der Waals surface area contributed by atoms with Gasteiger partial charge in [0.15, 0.2) is 0 Å². The van der Waals surface area contributed by atoms with Gasteiger partial charge < -0.3 is 0 Å². The first-order chi connectivity index (χ1) is 13.5. The summed E-state index contributed by atoms with van der Waals surface area (Å²) in [6.07, 6.45) is 1.57. The number of thiazole rings is 1. The van der Waals surface area contributed by atoms with Crippen LogP contribution >= 0.6 is 34.5 Å². The lowest BCUT2D eigenvalue weighted by atomic mass is 10.2. The monoisotopic (exact) mass is 427 g/mol. The molecule has 0 aliphatic rings. The van der Waals surface area contributed by atoms with Crippen LogP contribution in [0.3, 0.4) is 0 Å². The highest BCUT2D eigenvalue weighted by Gasteiger charge is 2.12. The summed E-state index contributed by atoms with van der Waals surface area (Å²) in [6, 6.07) is 17.8. The molecule has 4 rings (SSSR count). The molecule has 5 nitrogen and oxygen atoms in total. The van der Waals surface area contributed by atoms with Crippen LogP contribution in [0.25, 0.3) is 20.8 Å². The highest BCUT2D eigenvalue weighted by molar-refractivity contribution is 7.21. The normalized spacial score (nSPS) is 11.4. The number of aliphatic imine (C=N–C) groups is 1. The second kappa shape index (κ2) is 7.67. The first kappa shape index (κ1) is 18.6. The molecule has 1 aromatic heterocycles. The van der Waals surface area contributed by atoms with Crippen molar-refractivity contribution in [3.63, 3.8) is 0 Å². The number of hydrogen-bond acceptors (Lipinski definition) is 5. The van der Waals surface area contributed by atoms with Crippen LogP contribution in [0.15, 0.2) is 65.7 Å². The Morgan fingerprint density at radius 2 is 1.82 bits per heavy atom. The van der Waals surface area contributed by atoms with E-state index in [0.717, 1.165) is 20.8 Å². The SMILES string of the molecule is O=[N+]([O-])c1cc(C=Nc2ccc3sc(-c4ccc(Cl)cc4)nc3c2)ccc1Cl. The molecule has 0 saturated heterocycles. The van der Waals surface area contributed by atoms with E-state index in [-0.39, 0.29) is 10.7 Å². The van der Waals surface area contributed by atoms with Gasteiger partial charge in [0, 0.05) is 22.9 Å². The topological polar surface area (TPSA) is 68.4 Å². The Hall–Kier alpha value is -2.80. The van der Waals surface area contributed by atoms with Crippen molar-refractivity contribution < 1.29 is 4.92 Å². The van der Waals surface area contributed by atoms with Crippen molar-refractivity contribution in [1.82, 2.24) is 4.98 Å². The number of rotatable bonds is 4. The highest BCUT2D eigenvalue weighted by atomic mass is 35.5. The summed E-state index contributed by atoms with van der Waals surface area (Å²) in [5, 5.41) is 12.7. The summed E-state index contributed by atoms with van der Waals surface area (Å²) in [5.41, 5.74) is 3.00. The van der Waals surface area contributed by atoms with Crippen molar-refractivity contribution in [2.45, 2.75) is 0 Å². The second-order valence-corrected chi connectivity index (χ2v) is 7.78. The maximum absolute atomic E-state index is 11.0. The Labute approximate surface area is 174 Å². The zero-order valence-electron chi connectivity index (χ0n) is 14.2. The van der Waals surface area contributed by atoms with Crippen molar-refractivity contribution in [2.75, 3.05) is 0 Å². The van der Waals surface area contributed by atoms with E-state index in [2.05, 4.69) is 9.98 Å². The van der Waals surface area contributed by atoms with Crippen LogP contribution in [0.4, 0.5) is 11.4 Å². The zero-order chi connectivity index (χ0) is 19.7. The largest absolute Gasteiger partial charge is 0.288 e. The third kappa shape index (κ3) is 3.89. The molecule has 0 radical (unpaired) electrons. The number of nitro groups is 1. The molecule has 0 spiro atoms. The van der Waals surface area contributed by atoms with Gasteiger partial charge in [-0.15, -0.1) is 11.3 Å². The van der Waals surface area contributed by atoms with Gasteiger partial charge in [-0.3, -0.25) is 15.1 Å². The van der Waals surface area contributed by atoms with Crippen molar-refractivity contribution in [3.05, 3.63) is 86.4 Å². The predicted molar refractivity (Wildman–Crippen MR) is 115 cm³/mol. The first-order valence-electron chi connectivity index (χ1n) is 8.14. The lowest BCUT2D eigenvalue weighted by Gasteiger charge is -1.97. The van der Waals surface area contributed by atoms with Gasteiger partial charge in [-0.2, -0.15) is 0 Å². The quantitative estimate of drug-likeness (QED) is 0.201. The van der Waals surface area contributed by atoms with E-state index >= 15 is 0 Å². The number of fused-ring (bicyclic) bond motifs is 1. The Balaban J connectivity index is 1.63. The number of aromatic nitrogens is 1. The molecular weight excluding hydrogens is 417 g/mol. The summed E-state index contributed by atoms with van der Waals surface area (Å²) in [5.74, 6) is 0. The average Bonchev–Trinajstić information content (AvgIpc) is 3.11. The van der Waals surface area contributed by atoms with Crippen LogP contribution in [0, 0.1) is 10.1 Å². The maximum atomic E-state index is 11.0. The summed E-state index contributed by atoms with van der Waals surface area (Å²) in [4.78, 5) is 19.6. The van der Waals surface area contributed by atoms with E-state index < -0.39 is 4.92 Å². The van der Waals surface area contributed by atoms with Crippen LogP contribution < -0.4 is 0 Å². The Bertz CT molecular complexity index is 1220. The standard InChI is InChI=1S/C20H11Cl2N3O2S/c21-14-4-2-13(3-5-14)20-24-17-10-15(6-8-19(17)28-20)23-11-12-1-7-16(22)18(9-12)25(26)27/h1-11H. The van der Waals surface area contributed by atoms with E-state index in [1.54, 1.807) is 23.6 Å². The third-order valence-corrected chi connectivity index (χ3v) is 5.65. The van der Waals surface area contributed by atoms with Crippen molar-refractivity contribution in [2.24, 2.45) is 4.99 Å². The molecule has 0 N–H and O–H groups in total. The van der Waals surface area contributed by atoms with Gasteiger partial charge in [-0.05, 0) is 42.0 Å². The van der Waals surface area contributed by atoms with Crippen LogP contribution in [0.5, 0.6) is 0 Å². The summed E-state index contributed by atoms with van der Waals surface area (Å²) in [6.45, 7) is 0. The minimum atomic E-state index is -0.515. The lowest BCUT2D eigenvalue weighted by molar-refractivity contribution is -0.384. The fraction of sp³-hybridized carbons (Fsp3) is 0. The maximum Gasteiger partial charge on any atom is 0.288 e. The Morgan fingerprint density at radius 1 is 1.04 bits per heavy atom. The number of hydrogen-bond donors (Lipinski definition) is 0. The van der Waals surface area contributed by atoms with E-state index in [1.807, 2.05) is 42.5 Å². The van der Waals surface area contributed by atoms with Gasteiger partial charge in [0.05, 0.1) is 20.8 Å². The molecular formula is C20H11Cl2N3O2S. The van der Waals surface area contributed by atoms with Gasteiger partial charge >= 0.3 is 0 Å². The molecule has 0 unspecified atom stereocenters. The average molecular weight is 428 g/mol. The number of benzene rings is 3. The minimum absolute atomic E-state index is 0.0979. The van der Waals surface area contributed by atoms with Crippen LogP contribution in [-0.4, -0.2) is 16.1 Å². The van der Waals surface area contributed by atoms with Gasteiger partial charge in [0.25, 0.3) is 5.69 Å². The predicted octanol–water partition coefficient (Wildman–Crippen LogP) is 6.93. The van der Waals surface area contributed by atoms with E-state index in [0.29, 0.717) is 16.3 Å². The molecule has 0 saturated carbocycles. The molecule has 0 amide bonds. The van der Waals surface area contributed by atoms with Crippen LogP contribution in [0.1, 0.15) is 5.56 Å². The fourth-order valence-electron chi connectivity index (χ4n) is 2.61. The summed E-state index contributed by atoms with van der Waals surface area (Å²) < 4.78 is 1.05. The fourth-order valence-corrected chi connectivity index (χ4v) is 3.88. The van der Waals surface area contributed by atoms with Crippen LogP contribution in [0.2, 0.25) is 10.0 Å². The first-order valence-corrected chi connectivity index (χ1v) is 9.71.